The number of fused-ring (bicyclic) bond motifs is 1. The fourth-order valence-corrected chi connectivity index (χ4v) is 3.94. The molecule has 3 aliphatic rings. The normalized spacial score (nSPS) is 31.3. The van der Waals surface area contributed by atoms with Crippen molar-refractivity contribution in [3.05, 3.63) is 24.4 Å². The summed E-state index contributed by atoms with van der Waals surface area (Å²) in [7, 11) is 2.11. The minimum absolute atomic E-state index is 0.0552. The molecule has 3 heterocycles. The Morgan fingerprint density at radius 2 is 2.23 bits per heavy atom. The highest BCUT2D eigenvalue weighted by Crippen LogP contribution is 2.36. The number of nitrogens with zero attached hydrogens (tertiary/aromatic N) is 3. The zero-order valence-corrected chi connectivity index (χ0v) is 13.1. The van der Waals surface area contributed by atoms with Crippen LogP contribution in [0.15, 0.2) is 24.4 Å². The van der Waals surface area contributed by atoms with Crippen molar-refractivity contribution in [3.8, 4) is 0 Å². The van der Waals surface area contributed by atoms with Crippen LogP contribution in [0.5, 0.6) is 0 Å². The van der Waals surface area contributed by atoms with Crippen LogP contribution in [0.4, 0.5) is 5.82 Å². The molecule has 1 aliphatic carbocycles. The second-order valence-electron chi connectivity index (χ2n) is 7.03. The minimum Gasteiger partial charge on any atom is -0.355 e. The summed E-state index contributed by atoms with van der Waals surface area (Å²) in [5, 5.41) is 3.14. The van der Waals surface area contributed by atoms with Gasteiger partial charge in [-0.15, -0.1) is 0 Å². The third-order valence-corrected chi connectivity index (χ3v) is 5.49. The monoisotopic (exact) mass is 300 g/mol. The molecular weight excluding hydrogens is 276 g/mol. The molecule has 2 aliphatic heterocycles. The Kier molecular flexibility index (Phi) is 3.53. The Morgan fingerprint density at radius 3 is 2.91 bits per heavy atom. The summed E-state index contributed by atoms with van der Waals surface area (Å²) < 4.78 is 0. The molecule has 22 heavy (non-hydrogen) atoms. The van der Waals surface area contributed by atoms with E-state index in [2.05, 4.69) is 33.2 Å². The topological polar surface area (TPSA) is 48.5 Å². The van der Waals surface area contributed by atoms with Crippen LogP contribution in [0.2, 0.25) is 0 Å². The summed E-state index contributed by atoms with van der Waals surface area (Å²) in [6.45, 7) is 2.86. The SMILES string of the molecule is CN1[C@@H]2CN(c3ccccn3)C[C@@H]2C[C@H]1C(=O)NCC1CC1. The van der Waals surface area contributed by atoms with E-state index < -0.39 is 0 Å². The lowest BCUT2D eigenvalue weighted by atomic mass is 10.0. The number of hydrogen-bond acceptors (Lipinski definition) is 4. The van der Waals surface area contributed by atoms with E-state index in [1.165, 1.54) is 12.8 Å². The highest BCUT2D eigenvalue weighted by molar-refractivity contribution is 5.82. The third kappa shape index (κ3) is 2.58. The number of amides is 1. The minimum atomic E-state index is 0.0552. The molecule has 3 fully saturated rings. The second kappa shape index (κ2) is 5.54. The van der Waals surface area contributed by atoms with Gasteiger partial charge in [0.1, 0.15) is 5.82 Å². The van der Waals surface area contributed by atoms with Gasteiger partial charge < -0.3 is 10.2 Å². The molecule has 0 unspecified atom stereocenters. The summed E-state index contributed by atoms with van der Waals surface area (Å²) in [6.07, 6.45) is 5.39. The van der Waals surface area contributed by atoms with E-state index >= 15 is 0 Å². The van der Waals surface area contributed by atoms with Crippen LogP contribution in [0.1, 0.15) is 19.3 Å². The first-order valence-corrected chi connectivity index (χ1v) is 8.38. The predicted octanol–water partition coefficient (Wildman–Crippen LogP) is 1.12. The third-order valence-electron chi connectivity index (χ3n) is 5.49. The lowest BCUT2D eigenvalue weighted by Crippen LogP contribution is -2.46. The van der Waals surface area contributed by atoms with Gasteiger partial charge in [0.25, 0.3) is 0 Å². The molecule has 0 spiro atoms. The molecule has 0 aromatic carbocycles. The average molecular weight is 300 g/mol. The number of carbonyl (C=O) groups excluding carboxylic acids is 1. The van der Waals surface area contributed by atoms with Crippen LogP contribution in [0, 0.1) is 11.8 Å². The van der Waals surface area contributed by atoms with Crippen LogP contribution in [0.3, 0.4) is 0 Å². The number of anilines is 1. The van der Waals surface area contributed by atoms with Crippen LogP contribution in [0.25, 0.3) is 0 Å². The Bertz CT molecular complexity index is 545. The lowest BCUT2D eigenvalue weighted by molar-refractivity contribution is -0.125. The van der Waals surface area contributed by atoms with Crippen LogP contribution >= 0.6 is 0 Å². The first-order valence-electron chi connectivity index (χ1n) is 8.38. The van der Waals surface area contributed by atoms with E-state index in [0.29, 0.717) is 12.0 Å². The Balaban J connectivity index is 1.37. The zero-order chi connectivity index (χ0) is 15.1. The van der Waals surface area contributed by atoms with Gasteiger partial charge in [-0.2, -0.15) is 0 Å². The molecule has 3 atom stereocenters. The van der Waals surface area contributed by atoms with Crippen molar-refractivity contribution in [2.24, 2.45) is 11.8 Å². The number of likely N-dealkylation sites (N-methyl/N-ethyl adjacent to an activating group) is 1. The maximum Gasteiger partial charge on any atom is 0.237 e. The van der Waals surface area contributed by atoms with Gasteiger partial charge in [0, 0.05) is 31.9 Å². The van der Waals surface area contributed by atoms with Gasteiger partial charge in [-0.3, -0.25) is 9.69 Å². The largest absolute Gasteiger partial charge is 0.355 e. The van der Waals surface area contributed by atoms with Gasteiger partial charge in [0.05, 0.1) is 6.04 Å². The highest BCUT2D eigenvalue weighted by atomic mass is 16.2. The quantitative estimate of drug-likeness (QED) is 0.905. The number of aromatic nitrogens is 1. The number of pyridine rings is 1. The Labute approximate surface area is 131 Å². The van der Waals surface area contributed by atoms with Crippen molar-refractivity contribution >= 4 is 11.7 Å². The zero-order valence-electron chi connectivity index (χ0n) is 13.1. The number of hydrogen-bond donors (Lipinski definition) is 1. The predicted molar refractivity (Wildman–Crippen MR) is 85.6 cm³/mol. The van der Waals surface area contributed by atoms with Crippen LogP contribution in [-0.4, -0.2) is 54.6 Å². The molecule has 118 valence electrons. The Hall–Kier alpha value is -1.62. The smallest absolute Gasteiger partial charge is 0.237 e. The van der Waals surface area contributed by atoms with Gasteiger partial charge in [0.2, 0.25) is 5.91 Å². The molecule has 1 aromatic heterocycles. The van der Waals surface area contributed by atoms with Crippen molar-refractivity contribution < 1.29 is 4.79 Å². The van der Waals surface area contributed by atoms with Crippen LogP contribution < -0.4 is 10.2 Å². The van der Waals surface area contributed by atoms with E-state index in [1.807, 2.05) is 18.3 Å². The molecule has 1 amide bonds. The van der Waals surface area contributed by atoms with Gasteiger partial charge >= 0.3 is 0 Å². The van der Waals surface area contributed by atoms with Crippen molar-refractivity contribution in [2.45, 2.75) is 31.3 Å². The molecule has 1 N–H and O–H groups in total. The number of carbonyl (C=O) groups is 1. The van der Waals surface area contributed by atoms with E-state index in [4.69, 9.17) is 0 Å². The summed E-state index contributed by atoms with van der Waals surface area (Å²) in [5.41, 5.74) is 0. The average Bonchev–Trinajstić information content (AvgIpc) is 3.20. The van der Waals surface area contributed by atoms with E-state index in [0.717, 1.165) is 37.8 Å². The molecule has 1 aromatic rings. The maximum absolute atomic E-state index is 12.4. The first kappa shape index (κ1) is 14.0. The molecule has 0 bridgehead atoms. The number of nitrogens with one attached hydrogen (secondary N) is 1. The Morgan fingerprint density at radius 1 is 1.36 bits per heavy atom. The second-order valence-corrected chi connectivity index (χ2v) is 7.03. The van der Waals surface area contributed by atoms with Crippen molar-refractivity contribution in [1.29, 1.82) is 0 Å². The summed E-state index contributed by atoms with van der Waals surface area (Å²) >= 11 is 0. The number of likely N-dealkylation sites (tertiary alicyclic amines) is 1. The first-order chi connectivity index (χ1) is 10.7. The summed E-state index contributed by atoms with van der Waals surface area (Å²) in [6, 6.07) is 6.58. The fourth-order valence-electron chi connectivity index (χ4n) is 3.94. The lowest BCUT2D eigenvalue weighted by Gasteiger charge is -2.26. The maximum atomic E-state index is 12.4. The molecule has 2 saturated heterocycles. The standard InChI is InChI=1S/C17H24N4O/c1-20-14(17(22)19-9-12-5-6-12)8-13-10-21(11-15(13)20)16-4-2-3-7-18-16/h2-4,7,12-15H,5-6,8-11H2,1H3,(H,19,22)/t13-,14-,15+/m0/s1. The van der Waals surface area contributed by atoms with Gasteiger partial charge in [-0.25, -0.2) is 4.98 Å². The van der Waals surface area contributed by atoms with Crippen molar-refractivity contribution in [2.75, 3.05) is 31.6 Å². The van der Waals surface area contributed by atoms with Gasteiger partial charge in [0.15, 0.2) is 0 Å². The molecule has 5 heteroatoms. The number of rotatable bonds is 4. The van der Waals surface area contributed by atoms with Crippen molar-refractivity contribution in [1.82, 2.24) is 15.2 Å². The van der Waals surface area contributed by atoms with Crippen LogP contribution in [-0.2, 0) is 4.79 Å². The molecule has 0 radical (unpaired) electrons. The molecule has 1 saturated carbocycles. The van der Waals surface area contributed by atoms with Gasteiger partial charge in [-0.05, 0) is 50.3 Å². The van der Waals surface area contributed by atoms with E-state index in [1.54, 1.807) is 0 Å². The van der Waals surface area contributed by atoms with Crippen molar-refractivity contribution in [3.63, 3.8) is 0 Å². The summed E-state index contributed by atoms with van der Waals surface area (Å²) in [4.78, 5) is 21.5. The molecule has 5 nitrogen and oxygen atoms in total. The van der Waals surface area contributed by atoms with E-state index in [-0.39, 0.29) is 11.9 Å². The summed E-state index contributed by atoms with van der Waals surface area (Å²) in [5.74, 6) is 2.60. The molecule has 4 rings (SSSR count). The highest BCUT2D eigenvalue weighted by Gasteiger charge is 2.47. The molecular formula is C17H24N4O. The van der Waals surface area contributed by atoms with Gasteiger partial charge in [-0.1, -0.05) is 6.07 Å². The fraction of sp³-hybridized carbons (Fsp3) is 0.647. The van der Waals surface area contributed by atoms with E-state index in [9.17, 15) is 4.79 Å².